The van der Waals surface area contributed by atoms with Gasteiger partial charge in [-0.25, -0.2) is 8.42 Å². The Kier molecular flexibility index (Phi) is 7.36. The summed E-state index contributed by atoms with van der Waals surface area (Å²) in [4.78, 5) is 12.0. The van der Waals surface area contributed by atoms with E-state index >= 15 is 0 Å². The van der Waals surface area contributed by atoms with Gasteiger partial charge in [-0.15, -0.1) is 0 Å². The van der Waals surface area contributed by atoms with E-state index in [4.69, 9.17) is 0 Å². The van der Waals surface area contributed by atoms with Gasteiger partial charge in [0.05, 0.1) is 4.90 Å². The Bertz CT molecular complexity index is 580. The Morgan fingerprint density at radius 3 is 2.19 bits per heavy atom. The first-order valence-electron chi connectivity index (χ1n) is 6.39. The first-order chi connectivity index (χ1) is 9.70. The molecule has 4 nitrogen and oxygen atoms in total. The van der Waals surface area contributed by atoms with Crippen molar-refractivity contribution in [3.63, 3.8) is 0 Å². The van der Waals surface area contributed by atoms with Crippen LogP contribution in [0.4, 0.5) is 0 Å². The normalized spacial score (nSPS) is 12.2. The van der Waals surface area contributed by atoms with Gasteiger partial charge in [-0.05, 0) is 78.5 Å². The Hall–Kier alpha value is 0.0800. The Labute approximate surface area is 150 Å². The third-order valence-electron chi connectivity index (χ3n) is 2.80. The fourth-order valence-corrected chi connectivity index (χ4v) is 4.04. The second-order valence-corrected chi connectivity index (χ2v) is 14.9. The van der Waals surface area contributed by atoms with Gasteiger partial charge >= 0.3 is 0 Å². The molecule has 21 heavy (non-hydrogen) atoms. The lowest BCUT2D eigenvalue weighted by Gasteiger charge is -2.13. The molecule has 0 radical (unpaired) electrons. The van der Waals surface area contributed by atoms with E-state index in [-0.39, 0.29) is 10.8 Å². The Morgan fingerprint density at radius 1 is 1.14 bits per heavy atom. The van der Waals surface area contributed by atoms with Crippen molar-refractivity contribution in [1.29, 1.82) is 0 Å². The monoisotopic (exact) mass is 503 g/mol. The number of alkyl halides is 3. The molecule has 1 rings (SSSR count). The fourth-order valence-electron chi connectivity index (χ4n) is 1.60. The molecule has 1 amide bonds. The van der Waals surface area contributed by atoms with Crippen LogP contribution in [0.2, 0.25) is 0 Å². The van der Waals surface area contributed by atoms with E-state index in [0.29, 0.717) is 12.1 Å². The van der Waals surface area contributed by atoms with E-state index < -0.39 is 11.3 Å². The minimum Gasteiger partial charge on any atom is -0.352 e. The maximum atomic E-state index is 12.1. The number of carbonyl (C=O) groups is 1. The van der Waals surface area contributed by atoms with Crippen molar-refractivity contribution in [3.05, 3.63) is 29.8 Å². The molecular formula is C13H16Br3NO3S. The van der Waals surface area contributed by atoms with Crippen molar-refractivity contribution < 1.29 is 13.2 Å². The summed E-state index contributed by atoms with van der Waals surface area (Å²) >= 11 is 9.00. The number of carbonyl (C=O) groups excluding carboxylic acids is 1. The Balaban J connectivity index is 2.77. The van der Waals surface area contributed by atoms with Crippen molar-refractivity contribution in [3.8, 4) is 0 Å². The summed E-state index contributed by atoms with van der Waals surface area (Å²) in [6, 6.07) is 5.82. The molecule has 0 bridgehead atoms. The smallest absolute Gasteiger partial charge is 0.251 e. The molecule has 0 atom stereocenters. The lowest BCUT2D eigenvalue weighted by atomic mass is 10.2. The van der Waals surface area contributed by atoms with Gasteiger partial charge in [-0.1, -0.05) is 19.8 Å². The second kappa shape index (κ2) is 8.08. The molecule has 118 valence electrons. The van der Waals surface area contributed by atoms with Crippen LogP contribution in [-0.2, 0) is 9.84 Å². The fraction of sp³-hybridized carbons (Fsp3) is 0.462. The highest BCUT2D eigenvalue weighted by Gasteiger charge is 2.37. The van der Waals surface area contributed by atoms with Gasteiger partial charge in [0.1, 0.15) is 0 Å². The number of benzene rings is 1. The molecule has 0 fully saturated rings. The minimum absolute atomic E-state index is 0.107. The van der Waals surface area contributed by atoms with Gasteiger partial charge in [-0.2, -0.15) is 0 Å². The summed E-state index contributed by atoms with van der Waals surface area (Å²) in [5, 5.41) is 2.81. The van der Waals surface area contributed by atoms with Crippen molar-refractivity contribution >= 4 is 63.5 Å². The highest BCUT2D eigenvalue weighted by Crippen LogP contribution is 2.43. The largest absolute Gasteiger partial charge is 0.352 e. The summed E-state index contributed by atoms with van der Waals surface area (Å²) in [5.74, 6) is -0.196. The van der Waals surface area contributed by atoms with Crippen LogP contribution in [0.3, 0.4) is 0 Å². The molecule has 8 heteroatoms. The van der Waals surface area contributed by atoms with Gasteiger partial charge in [-0.3, -0.25) is 4.79 Å². The summed E-state index contributed by atoms with van der Waals surface area (Å²) < 4.78 is 22.9. The van der Waals surface area contributed by atoms with Crippen molar-refractivity contribution in [2.75, 3.05) is 6.54 Å². The SMILES string of the molecule is CCCCCNC(=O)c1ccc(S(=O)(=O)C(Br)(Br)Br)cc1. The molecular weight excluding hydrogens is 490 g/mol. The molecule has 0 unspecified atom stereocenters. The maximum absolute atomic E-state index is 12.1. The number of halogens is 3. The average Bonchev–Trinajstić information content (AvgIpc) is 2.42. The summed E-state index contributed by atoms with van der Waals surface area (Å²) in [7, 11) is -3.62. The van der Waals surface area contributed by atoms with Crippen LogP contribution in [0.1, 0.15) is 36.5 Å². The molecule has 0 aliphatic heterocycles. The van der Waals surface area contributed by atoms with E-state index in [0.717, 1.165) is 19.3 Å². The molecule has 0 heterocycles. The summed E-state index contributed by atoms with van der Waals surface area (Å²) in [5.41, 5.74) is 0.440. The van der Waals surface area contributed by atoms with Crippen LogP contribution < -0.4 is 5.32 Å². The van der Waals surface area contributed by atoms with E-state index in [1.54, 1.807) is 0 Å². The molecule has 0 aromatic heterocycles. The van der Waals surface area contributed by atoms with Gasteiger partial charge in [0.15, 0.2) is 0 Å². The number of amides is 1. The van der Waals surface area contributed by atoms with Crippen LogP contribution in [0.5, 0.6) is 0 Å². The van der Waals surface area contributed by atoms with Crippen LogP contribution >= 0.6 is 47.8 Å². The van der Waals surface area contributed by atoms with Gasteiger partial charge < -0.3 is 5.32 Å². The highest BCUT2D eigenvalue weighted by molar-refractivity contribution is 9.42. The third-order valence-corrected chi connectivity index (χ3v) is 8.14. The minimum atomic E-state index is -3.62. The zero-order chi connectivity index (χ0) is 16.1. The number of nitrogens with one attached hydrogen (secondary N) is 1. The van der Waals surface area contributed by atoms with Crippen molar-refractivity contribution in [1.82, 2.24) is 5.32 Å². The first kappa shape index (κ1) is 19.1. The first-order valence-corrected chi connectivity index (χ1v) is 10.3. The lowest BCUT2D eigenvalue weighted by Crippen LogP contribution is -2.24. The van der Waals surface area contributed by atoms with E-state index in [9.17, 15) is 13.2 Å². The highest BCUT2D eigenvalue weighted by atomic mass is 80.0. The zero-order valence-corrected chi connectivity index (χ0v) is 17.0. The van der Waals surface area contributed by atoms with Crippen molar-refractivity contribution in [2.24, 2.45) is 0 Å². The van der Waals surface area contributed by atoms with E-state index in [2.05, 4.69) is 60.0 Å². The maximum Gasteiger partial charge on any atom is 0.251 e. The van der Waals surface area contributed by atoms with Crippen molar-refractivity contribution in [2.45, 2.75) is 32.6 Å². The molecule has 1 N–H and O–H groups in total. The zero-order valence-electron chi connectivity index (χ0n) is 11.4. The van der Waals surface area contributed by atoms with Crippen LogP contribution in [-0.4, -0.2) is 22.3 Å². The predicted octanol–water partition coefficient (Wildman–Crippen LogP) is 4.18. The molecule has 1 aromatic rings. The van der Waals surface area contributed by atoms with Crippen LogP contribution in [0, 0.1) is 0 Å². The Morgan fingerprint density at radius 2 is 1.71 bits per heavy atom. The number of unbranched alkanes of at least 4 members (excludes halogenated alkanes) is 2. The lowest BCUT2D eigenvalue weighted by molar-refractivity contribution is 0.0953. The number of hydrogen-bond acceptors (Lipinski definition) is 3. The van der Waals surface area contributed by atoms with E-state index in [1.165, 1.54) is 24.3 Å². The quantitative estimate of drug-likeness (QED) is 0.466. The van der Waals surface area contributed by atoms with Crippen LogP contribution in [0.25, 0.3) is 0 Å². The number of rotatable bonds is 6. The van der Waals surface area contributed by atoms with Gasteiger partial charge in [0.25, 0.3) is 5.91 Å². The van der Waals surface area contributed by atoms with E-state index in [1.807, 2.05) is 0 Å². The standard InChI is InChI=1S/C13H16Br3NO3S/c1-2-3-4-9-17-12(18)10-5-7-11(8-6-10)21(19,20)13(14,15)16/h5-8H,2-4,9H2,1H3,(H,17,18). The third kappa shape index (κ3) is 5.33. The van der Waals surface area contributed by atoms with Crippen LogP contribution in [0.15, 0.2) is 29.2 Å². The summed E-state index contributed by atoms with van der Waals surface area (Å²) in [6.07, 6.45) is 3.10. The van der Waals surface area contributed by atoms with Gasteiger partial charge in [0, 0.05) is 12.1 Å². The molecule has 0 aliphatic carbocycles. The van der Waals surface area contributed by atoms with Gasteiger partial charge in [0.2, 0.25) is 11.3 Å². The summed E-state index contributed by atoms with van der Waals surface area (Å²) in [6.45, 7) is 2.72. The molecule has 0 saturated carbocycles. The molecule has 0 saturated heterocycles. The molecule has 1 aromatic carbocycles. The second-order valence-electron chi connectivity index (χ2n) is 4.44. The number of sulfone groups is 1. The average molecular weight is 506 g/mol. The molecule has 0 aliphatic rings. The molecule has 0 spiro atoms. The topological polar surface area (TPSA) is 63.2 Å². The number of hydrogen-bond donors (Lipinski definition) is 1. The predicted molar refractivity (Wildman–Crippen MR) is 95.0 cm³/mol.